The van der Waals surface area contributed by atoms with E-state index in [0.29, 0.717) is 11.4 Å². The van der Waals surface area contributed by atoms with Gasteiger partial charge in [0.1, 0.15) is 0 Å². The third-order valence-electron chi connectivity index (χ3n) is 3.11. The number of nitrogens with two attached hydrogens (primary N) is 1. The summed E-state index contributed by atoms with van der Waals surface area (Å²) >= 11 is 0. The van der Waals surface area contributed by atoms with Crippen molar-refractivity contribution >= 4 is 11.6 Å². The van der Waals surface area contributed by atoms with Crippen LogP contribution in [0.15, 0.2) is 6.20 Å². The Morgan fingerprint density at radius 1 is 1.41 bits per heavy atom. The van der Waals surface area contributed by atoms with Gasteiger partial charge in [-0.25, -0.2) is 0 Å². The summed E-state index contributed by atoms with van der Waals surface area (Å²) in [5, 5.41) is 4.21. The fourth-order valence-corrected chi connectivity index (χ4v) is 1.92. The first kappa shape index (κ1) is 11.9. The van der Waals surface area contributed by atoms with E-state index >= 15 is 0 Å². The molecule has 0 radical (unpaired) electrons. The molecule has 0 bridgehead atoms. The lowest BCUT2D eigenvalue weighted by molar-refractivity contribution is 0.0658. The van der Waals surface area contributed by atoms with Crippen LogP contribution in [0, 0.1) is 0 Å². The third-order valence-corrected chi connectivity index (χ3v) is 3.11. The Labute approximate surface area is 101 Å². The predicted octanol–water partition coefficient (Wildman–Crippen LogP) is -0.127. The second kappa shape index (κ2) is 4.75. The van der Waals surface area contributed by atoms with Gasteiger partial charge in [-0.15, -0.1) is 0 Å². The van der Waals surface area contributed by atoms with Crippen molar-refractivity contribution in [3.05, 3.63) is 11.9 Å². The molecule has 1 aliphatic rings. The summed E-state index contributed by atoms with van der Waals surface area (Å²) in [4.78, 5) is 16.2. The standard InChI is InChI=1S/C11H19N5O/c1-3-16-8-9(12)10(13-16)11(17)15-6-4-14(2)5-7-15/h8H,3-7,12H2,1-2H3. The molecule has 2 rings (SSSR count). The molecule has 0 unspecified atom stereocenters. The first-order chi connectivity index (χ1) is 8.11. The minimum absolute atomic E-state index is 0.0530. The van der Waals surface area contributed by atoms with Crippen LogP contribution < -0.4 is 5.73 Å². The van der Waals surface area contributed by atoms with E-state index in [-0.39, 0.29) is 5.91 Å². The number of hydrogen-bond donors (Lipinski definition) is 1. The van der Waals surface area contributed by atoms with Crippen LogP contribution in [0.1, 0.15) is 17.4 Å². The molecular formula is C11H19N5O. The molecule has 2 heterocycles. The molecular weight excluding hydrogens is 218 g/mol. The number of nitrogen functional groups attached to an aromatic ring is 1. The van der Waals surface area contributed by atoms with Crippen molar-refractivity contribution in [3.8, 4) is 0 Å². The Balaban J connectivity index is 2.11. The van der Waals surface area contributed by atoms with Gasteiger partial charge in [0.25, 0.3) is 5.91 Å². The third kappa shape index (κ3) is 2.41. The molecule has 0 saturated carbocycles. The van der Waals surface area contributed by atoms with Crippen molar-refractivity contribution in [2.75, 3.05) is 39.0 Å². The minimum atomic E-state index is -0.0530. The molecule has 0 spiro atoms. The number of anilines is 1. The first-order valence-electron chi connectivity index (χ1n) is 5.92. The molecule has 1 amide bonds. The van der Waals surface area contributed by atoms with Gasteiger partial charge in [0.2, 0.25) is 0 Å². The molecule has 1 aliphatic heterocycles. The Hall–Kier alpha value is -1.56. The van der Waals surface area contributed by atoms with Crippen molar-refractivity contribution in [3.63, 3.8) is 0 Å². The van der Waals surface area contributed by atoms with Gasteiger partial charge in [-0.2, -0.15) is 5.10 Å². The lowest BCUT2D eigenvalue weighted by atomic mass is 10.2. The number of aromatic nitrogens is 2. The monoisotopic (exact) mass is 237 g/mol. The molecule has 1 saturated heterocycles. The van der Waals surface area contributed by atoms with Crippen LogP contribution in [-0.4, -0.2) is 58.7 Å². The number of carbonyl (C=O) groups excluding carboxylic acids is 1. The van der Waals surface area contributed by atoms with Crippen molar-refractivity contribution in [2.24, 2.45) is 0 Å². The number of amides is 1. The van der Waals surface area contributed by atoms with Crippen molar-refractivity contribution in [1.82, 2.24) is 19.6 Å². The Bertz CT molecular complexity index is 406. The summed E-state index contributed by atoms with van der Waals surface area (Å²) in [6, 6.07) is 0. The second-order valence-electron chi connectivity index (χ2n) is 4.38. The molecule has 17 heavy (non-hydrogen) atoms. The highest BCUT2D eigenvalue weighted by Crippen LogP contribution is 2.13. The highest BCUT2D eigenvalue weighted by Gasteiger charge is 2.24. The highest BCUT2D eigenvalue weighted by molar-refractivity contribution is 5.97. The Morgan fingerprint density at radius 2 is 2.06 bits per heavy atom. The fraction of sp³-hybridized carbons (Fsp3) is 0.636. The summed E-state index contributed by atoms with van der Waals surface area (Å²) in [6.45, 7) is 5.98. The maximum atomic E-state index is 12.2. The molecule has 6 nitrogen and oxygen atoms in total. The highest BCUT2D eigenvalue weighted by atomic mass is 16.2. The zero-order chi connectivity index (χ0) is 12.4. The number of nitrogens with zero attached hydrogens (tertiary/aromatic N) is 4. The number of carbonyl (C=O) groups is 1. The molecule has 94 valence electrons. The zero-order valence-electron chi connectivity index (χ0n) is 10.4. The van der Waals surface area contributed by atoms with Gasteiger partial charge in [0, 0.05) is 38.9 Å². The summed E-state index contributed by atoms with van der Waals surface area (Å²) in [6.07, 6.45) is 1.71. The summed E-state index contributed by atoms with van der Waals surface area (Å²) in [7, 11) is 2.06. The Morgan fingerprint density at radius 3 is 2.59 bits per heavy atom. The lowest BCUT2D eigenvalue weighted by Crippen LogP contribution is -2.47. The van der Waals surface area contributed by atoms with Crippen LogP contribution in [0.25, 0.3) is 0 Å². The largest absolute Gasteiger partial charge is 0.396 e. The maximum Gasteiger partial charge on any atom is 0.276 e. The molecule has 0 aromatic carbocycles. The quantitative estimate of drug-likeness (QED) is 0.778. The van der Waals surface area contributed by atoms with Gasteiger partial charge in [-0.1, -0.05) is 0 Å². The van der Waals surface area contributed by atoms with Crippen molar-refractivity contribution in [2.45, 2.75) is 13.5 Å². The molecule has 1 aromatic heterocycles. The van der Waals surface area contributed by atoms with E-state index < -0.39 is 0 Å². The maximum absolute atomic E-state index is 12.2. The van der Waals surface area contributed by atoms with Crippen molar-refractivity contribution < 1.29 is 4.79 Å². The van der Waals surface area contributed by atoms with E-state index in [2.05, 4.69) is 17.0 Å². The topological polar surface area (TPSA) is 67.4 Å². The lowest BCUT2D eigenvalue weighted by Gasteiger charge is -2.32. The van der Waals surface area contributed by atoms with Crippen LogP contribution in [0.3, 0.4) is 0 Å². The number of piperazine rings is 1. The molecule has 2 N–H and O–H groups in total. The average Bonchev–Trinajstić information content (AvgIpc) is 2.71. The van der Waals surface area contributed by atoms with Gasteiger partial charge < -0.3 is 15.5 Å². The van der Waals surface area contributed by atoms with E-state index in [4.69, 9.17) is 5.73 Å². The summed E-state index contributed by atoms with van der Waals surface area (Å²) in [5.41, 5.74) is 6.66. The van der Waals surface area contributed by atoms with Crippen molar-refractivity contribution in [1.29, 1.82) is 0 Å². The van der Waals surface area contributed by atoms with Crippen LogP contribution in [0.4, 0.5) is 5.69 Å². The van der Waals surface area contributed by atoms with E-state index in [1.165, 1.54) is 0 Å². The number of hydrogen-bond acceptors (Lipinski definition) is 4. The van der Waals surface area contributed by atoms with E-state index in [1.807, 2.05) is 11.8 Å². The summed E-state index contributed by atoms with van der Waals surface area (Å²) < 4.78 is 1.69. The normalized spacial score (nSPS) is 17.4. The minimum Gasteiger partial charge on any atom is -0.396 e. The predicted molar refractivity (Wildman–Crippen MR) is 65.7 cm³/mol. The SMILES string of the molecule is CCn1cc(N)c(C(=O)N2CCN(C)CC2)n1. The average molecular weight is 237 g/mol. The van der Waals surface area contributed by atoms with Crippen LogP contribution in [-0.2, 0) is 6.54 Å². The first-order valence-corrected chi connectivity index (χ1v) is 5.92. The van der Waals surface area contributed by atoms with E-state index in [1.54, 1.807) is 10.9 Å². The second-order valence-corrected chi connectivity index (χ2v) is 4.38. The number of aryl methyl sites for hydroxylation is 1. The van der Waals surface area contributed by atoms with Gasteiger partial charge in [-0.05, 0) is 14.0 Å². The van der Waals surface area contributed by atoms with Gasteiger partial charge >= 0.3 is 0 Å². The van der Waals surface area contributed by atoms with Gasteiger partial charge in [0.05, 0.1) is 5.69 Å². The van der Waals surface area contributed by atoms with Crippen LogP contribution >= 0.6 is 0 Å². The van der Waals surface area contributed by atoms with Crippen LogP contribution in [0.2, 0.25) is 0 Å². The Kier molecular flexibility index (Phi) is 3.33. The fourth-order valence-electron chi connectivity index (χ4n) is 1.92. The summed E-state index contributed by atoms with van der Waals surface area (Å²) in [5.74, 6) is -0.0530. The molecule has 6 heteroatoms. The number of rotatable bonds is 2. The van der Waals surface area contributed by atoms with Crippen LogP contribution in [0.5, 0.6) is 0 Å². The molecule has 1 fully saturated rings. The van der Waals surface area contributed by atoms with E-state index in [0.717, 1.165) is 32.7 Å². The number of likely N-dealkylation sites (N-methyl/N-ethyl adjacent to an activating group) is 1. The molecule has 1 aromatic rings. The van der Waals surface area contributed by atoms with Gasteiger partial charge in [-0.3, -0.25) is 9.48 Å². The molecule has 0 atom stereocenters. The molecule has 0 aliphatic carbocycles. The zero-order valence-corrected chi connectivity index (χ0v) is 10.4. The van der Waals surface area contributed by atoms with Gasteiger partial charge in [0.15, 0.2) is 5.69 Å². The van der Waals surface area contributed by atoms with E-state index in [9.17, 15) is 4.79 Å². The smallest absolute Gasteiger partial charge is 0.276 e.